The first-order valence-electron chi connectivity index (χ1n) is 6.43. The van der Waals surface area contributed by atoms with E-state index in [0.29, 0.717) is 0 Å². The van der Waals surface area contributed by atoms with Crippen LogP contribution in [-0.4, -0.2) is 28.4 Å². The van der Waals surface area contributed by atoms with Crippen molar-refractivity contribution in [2.24, 2.45) is 0 Å². The lowest BCUT2D eigenvalue weighted by molar-refractivity contribution is 0.00578. The molecule has 4 nitrogen and oxygen atoms in total. The molecule has 0 aromatic carbocycles. The second-order valence-electron chi connectivity index (χ2n) is 5.77. The third-order valence-electron chi connectivity index (χ3n) is 3.72. The van der Waals surface area contributed by atoms with Crippen molar-refractivity contribution >= 4 is 13.2 Å². The van der Waals surface area contributed by atoms with Gasteiger partial charge in [-0.05, 0) is 44.9 Å². The zero-order valence-corrected chi connectivity index (χ0v) is 11.9. The Balaban J connectivity index is 2.08. The number of nitrogens with zero attached hydrogens (tertiary/aromatic N) is 1. The molecule has 0 unspecified atom stereocenters. The van der Waals surface area contributed by atoms with Crippen LogP contribution in [0, 0.1) is 0 Å². The molecule has 2 heterocycles. The van der Waals surface area contributed by atoms with Crippen molar-refractivity contribution in [1.82, 2.24) is 4.98 Å². The summed E-state index contributed by atoms with van der Waals surface area (Å²) < 4.78 is 11.7. The number of aromatic nitrogens is 1. The molecule has 1 aromatic rings. The average molecular weight is 261 g/mol. The van der Waals surface area contributed by atoms with Gasteiger partial charge >= 0.3 is 7.12 Å². The van der Waals surface area contributed by atoms with E-state index < -0.39 is 0 Å². The standard InChI is InChI=1S/C14H20BNO3/c1-13(2)14(3,4)19-15(18-13)6-5-11-7-12(10-17)9-16-8-11/h5-9,17H,10H2,1-4H3/b6-5+. The monoisotopic (exact) mass is 261 g/mol. The van der Waals surface area contributed by atoms with E-state index >= 15 is 0 Å². The van der Waals surface area contributed by atoms with Crippen molar-refractivity contribution in [3.05, 3.63) is 35.6 Å². The lowest BCUT2D eigenvalue weighted by Gasteiger charge is -2.32. The summed E-state index contributed by atoms with van der Waals surface area (Å²) in [6, 6.07) is 1.88. The van der Waals surface area contributed by atoms with E-state index in [2.05, 4.69) is 4.98 Å². The Kier molecular flexibility index (Phi) is 3.81. The van der Waals surface area contributed by atoms with Crippen LogP contribution in [0.25, 0.3) is 6.08 Å². The third kappa shape index (κ3) is 3.05. The second kappa shape index (κ2) is 5.08. The number of hydrogen-bond acceptors (Lipinski definition) is 4. The van der Waals surface area contributed by atoms with E-state index in [0.717, 1.165) is 11.1 Å². The van der Waals surface area contributed by atoms with Crippen LogP contribution in [0.4, 0.5) is 0 Å². The van der Waals surface area contributed by atoms with Gasteiger partial charge in [0.15, 0.2) is 0 Å². The topological polar surface area (TPSA) is 51.6 Å². The van der Waals surface area contributed by atoms with Crippen LogP contribution in [0.5, 0.6) is 0 Å². The lowest BCUT2D eigenvalue weighted by Crippen LogP contribution is -2.41. The van der Waals surface area contributed by atoms with Gasteiger partial charge in [-0.2, -0.15) is 0 Å². The highest BCUT2D eigenvalue weighted by molar-refractivity contribution is 6.52. The number of aliphatic hydroxyl groups is 1. The first-order chi connectivity index (χ1) is 8.84. The molecular weight excluding hydrogens is 241 g/mol. The van der Waals surface area contributed by atoms with Crippen LogP contribution >= 0.6 is 0 Å². The van der Waals surface area contributed by atoms with E-state index in [1.165, 1.54) is 0 Å². The highest BCUT2D eigenvalue weighted by Gasteiger charge is 2.49. The molecule has 0 amide bonds. The summed E-state index contributed by atoms with van der Waals surface area (Å²) in [6.45, 7) is 8.08. The summed E-state index contributed by atoms with van der Waals surface area (Å²) in [5.74, 6) is 1.87. The summed E-state index contributed by atoms with van der Waals surface area (Å²) in [5.41, 5.74) is 1.05. The van der Waals surface area contributed by atoms with Crippen LogP contribution in [0.1, 0.15) is 38.8 Å². The molecule has 5 heteroatoms. The highest BCUT2D eigenvalue weighted by Crippen LogP contribution is 2.36. The summed E-state index contributed by atoms with van der Waals surface area (Å²) in [5, 5.41) is 9.07. The molecule has 102 valence electrons. The Morgan fingerprint density at radius 3 is 2.42 bits per heavy atom. The van der Waals surface area contributed by atoms with Crippen LogP contribution in [-0.2, 0) is 15.9 Å². The number of hydrogen-bond donors (Lipinski definition) is 1. The van der Waals surface area contributed by atoms with Gasteiger partial charge < -0.3 is 14.4 Å². The Morgan fingerprint density at radius 1 is 1.21 bits per heavy atom. The maximum absolute atomic E-state index is 9.07. The van der Waals surface area contributed by atoms with Crippen LogP contribution < -0.4 is 0 Å². The van der Waals surface area contributed by atoms with E-state index in [9.17, 15) is 0 Å². The fraction of sp³-hybridized carbons (Fsp3) is 0.500. The molecule has 1 saturated heterocycles. The van der Waals surface area contributed by atoms with Gasteiger partial charge in [-0.15, -0.1) is 0 Å². The summed E-state index contributed by atoms with van der Waals surface area (Å²) in [7, 11) is -0.359. The maximum atomic E-state index is 9.07. The van der Waals surface area contributed by atoms with Crippen molar-refractivity contribution in [3.8, 4) is 0 Å². The molecule has 19 heavy (non-hydrogen) atoms. The number of aliphatic hydroxyl groups excluding tert-OH is 1. The van der Waals surface area contributed by atoms with Gasteiger partial charge in [-0.3, -0.25) is 4.98 Å². The van der Waals surface area contributed by atoms with Gasteiger partial charge in [-0.25, -0.2) is 0 Å². The summed E-state index contributed by atoms with van der Waals surface area (Å²) in [6.07, 6.45) is 5.28. The van der Waals surface area contributed by atoms with Gasteiger partial charge in [0.05, 0.1) is 17.8 Å². The molecule has 1 aliphatic heterocycles. The molecule has 0 spiro atoms. The average Bonchev–Trinajstić information content (AvgIpc) is 2.56. The molecule has 0 saturated carbocycles. The molecule has 1 aromatic heterocycles. The Labute approximate surface area is 114 Å². The van der Waals surface area contributed by atoms with Crippen molar-refractivity contribution in [3.63, 3.8) is 0 Å². The smallest absolute Gasteiger partial charge is 0.400 e. The molecule has 0 radical (unpaired) electrons. The van der Waals surface area contributed by atoms with Crippen LogP contribution in [0.15, 0.2) is 24.4 Å². The van der Waals surface area contributed by atoms with E-state index in [1.54, 1.807) is 12.4 Å². The fourth-order valence-electron chi connectivity index (χ4n) is 1.84. The molecular formula is C14H20BNO3. The van der Waals surface area contributed by atoms with Gasteiger partial charge in [0, 0.05) is 12.4 Å². The van der Waals surface area contributed by atoms with Crippen LogP contribution in [0.3, 0.4) is 0 Å². The molecule has 0 atom stereocenters. The minimum Gasteiger partial charge on any atom is -0.400 e. The van der Waals surface area contributed by atoms with Gasteiger partial charge in [0.2, 0.25) is 0 Å². The molecule has 1 N–H and O–H groups in total. The van der Waals surface area contributed by atoms with Crippen molar-refractivity contribution < 1.29 is 14.4 Å². The largest absolute Gasteiger partial charge is 0.487 e. The first kappa shape index (κ1) is 14.2. The maximum Gasteiger partial charge on any atom is 0.487 e. The summed E-state index contributed by atoms with van der Waals surface area (Å²) in [4.78, 5) is 4.07. The summed E-state index contributed by atoms with van der Waals surface area (Å²) >= 11 is 0. The van der Waals surface area contributed by atoms with Gasteiger partial charge in [0.25, 0.3) is 0 Å². The highest BCUT2D eigenvalue weighted by atomic mass is 16.7. The zero-order chi connectivity index (χ0) is 14.1. The van der Waals surface area contributed by atoms with Gasteiger partial charge in [0.1, 0.15) is 0 Å². The van der Waals surface area contributed by atoms with Crippen molar-refractivity contribution in [1.29, 1.82) is 0 Å². The predicted molar refractivity (Wildman–Crippen MR) is 75.3 cm³/mol. The van der Waals surface area contributed by atoms with E-state index in [1.807, 2.05) is 45.8 Å². The fourth-order valence-corrected chi connectivity index (χ4v) is 1.84. The minimum atomic E-state index is -0.359. The second-order valence-corrected chi connectivity index (χ2v) is 5.77. The molecule has 0 aliphatic carbocycles. The quantitative estimate of drug-likeness (QED) is 0.847. The number of pyridine rings is 1. The SMILES string of the molecule is CC1(C)OB(/C=C/c2cncc(CO)c2)OC1(C)C. The van der Waals surface area contributed by atoms with Crippen LogP contribution in [0.2, 0.25) is 0 Å². The van der Waals surface area contributed by atoms with Crippen molar-refractivity contribution in [2.45, 2.75) is 45.5 Å². The molecule has 1 fully saturated rings. The van der Waals surface area contributed by atoms with Crippen molar-refractivity contribution in [2.75, 3.05) is 0 Å². The number of rotatable bonds is 3. The van der Waals surface area contributed by atoms with E-state index in [-0.39, 0.29) is 24.9 Å². The molecule has 2 rings (SSSR count). The zero-order valence-electron chi connectivity index (χ0n) is 11.9. The molecule has 1 aliphatic rings. The normalized spacial score (nSPS) is 21.2. The predicted octanol–water partition coefficient (Wildman–Crippen LogP) is 2.22. The third-order valence-corrected chi connectivity index (χ3v) is 3.72. The Hall–Kier alpha value is -1.17. The Bertz CT molecular complexity index is 469. The first-order valence-corrected chi connectivity index (χ1v) is 6.43. The lowest BCUT2D eigenvalue weighted by atomic mass is 9.89. The van der Waals surface area contributed by atoms with Gasteiger partial charge in [-0.1, -0.05) is 12.1 Å². The minimum absolute atomic E-state index is 0.00876. The Morgan fingerprint density at radius 2 is 1.84 bits per heavy atom. The molecule has 0 bridgehead atoms. The van der Waals surface area contributed by atoms with E-state index in [4.69, 9.17) is 14.4 Å².